The number of aromatic amines is 1. The van der Waals surface area contributed by atoms with E-state index >= 15 is 0 Å². The second-order valence-electron chi connectivity index (χ2n) is 7.38. The molecule has 1 aliphatic heterocycles. The standard InChI is InChI=1S/C21H23N5O4S/c27-19(25-21-23-17-10-4-5-11-18(17)24-21)13-22-20(28)15-7-6-12-26(14-15)31(29,30)16-8-2-1-3-9-16/h1-5,8-11,15H,6-7,12-14H2,(H,22,28)(H2,23,24,25,27)/t15-/m1/s1. The number of nitrogens with zero attached hydrogens (tertiary/aromatic N) is 2. The Balaban J connectivity index is 1.32. The first kappa shape index (κ1) is 21.0. The Labute approximate surface area is 179 Å². The highest BCUT2D eigenvalue weighted by Gasteiger charge is 2.33. The summed E-state index contributed by atoms with van der Waals surface area (Å²) in [6.45, 7) is 0.236. The number of hydrogen-bond acceptors (Lipinski definition) is 5. The Hall–Kier alpha value is -3.24. The highest BCUT2D eigenvalue weighted by atomic mass is 32.2. The Bertz CT molecular complexity index is 1160. The number of H-pyrrole nitrogens is 1. The summed E-state index contributed by atoms with van der Waals surface area (Å²) in [7, 11) is -3.65. The first-order valence-corrected chi connectivity index (χ1v) is 11.4. The van der Waals surface area contributed by atoms with Gasteiger partial charge in [-0.25, -0.2) is 13.4 Å². The van der Waals surface area contributed by atoms with Crippen molar-refractivity contribution in [1.29, 1.82) is 0 Å². The molecule has 0 bridgehead atoms. The van der Waals surface area contributed by atoms with Gasteiger partial charge in [-0.2, -0.15) is 4.31 Å². The third kappa shape index (κ3) is 4.75. The van der Waals surface area contributed by atoms with Gasteiger partial charge in [0.1, 0.15) is 0 Å². The van der Waals surface area contributed by atoms with E-state index in [0.717, 1.165) is 11.0 Å². The quantitative estimate of drug-likeness (QED) is 0.537. The van der Waals surface area contributed by atoms with Crippen LogP contribution in [-0.4, -0.2) is 54.1 Å². The molecule has 4 rings (SSSR count). The molecule has 1 atom stereocenters. The molecular weight excluding hydrogens is 418 g/mol. The van der Waals surface area contributed by atoms with Crippen LogP contribution in [0.1, 0.15) is 12.8 Å². The lowest BCUT2D eigenvalue weighted by Gasteiger charge is -2.31. The maximum absolute atomic E-state index is 12.8. The summed E-state index contributed by atoms with van der Waals surface area (Å²) in [6, 6.07) is 15.5. The number of para-hydroxylation sites is 2. The maximum Gasteiger partial charge on any atom is 0.246 e. The minimum Gasteiger partial charge on any atom is -0.347 e. The molecule has 3 N–H and O–H groups in total. The van der Waals surface area contributed by atoms with Gasteiger partial charge in [0.05, 0.1) is 28.4 Å². The Kier molecular flexibility index (Phi) is 6.01. The van der Waals surface area contributed by atoms with Crippen LogP contribution in [0.25, 0.3) is 11.0 Å². The number of aromatic nitrogens is 2. The lowest BCUT2D eigenvalue weighted by molar-refractivity contribution is -0.128. The monoisotopic (exact) mass is 441 g/mol. The predicted molar refractivity (Wildman–Crippen MR) is 116 cm³/mol. The molecule has 0 saturated carbocycles. The van der Waals surface area contributed by atoms with Gasteiger partial charge in [-0.3, -0.25) is 14.9 Å². The minimum atomic E-state index is -3.65. The van der Waals surface area contributed by atoms with Gasteiger partial charge in [0.25, 0.3) is 0 Å². The normalized spacial score (nSPS) is 17.4. The van der Waals surface area contributed by atoms with E-state index in [1.165, 1.54) is 4.31 Å². The lowest BCUT2D eigenvalue weighted by Crippen LogP contribution is -2.46. The summed E-state index contributed by atoms with van der Waals surface area (Å²) < 4.78 is 27.0. The Morgan fingerprint density at radius 2 is 1.84 bits per heavy atom. The van der Waals surface area contributed by atoms with E-state index in [2.05, 4.69) is 20.6 Å². The highest BCUT2D eigenvalue weighted by Crippen LogP contribution is 2.23. The molecule has 0 radical (unpaired) electrons. The molecule has 162 valence electrons. The molecule has 31 heavy (non-hydrogen) atoms. The van der Waals surface area contributed by atoms with Gasteiger partial charge in [-0.15, -0.1) is 0 Å². The number of carbonyl (C=O) groups excluding carboxylic acids is 2. The first-order chi connectivity index (χ1) is 14.9. The van der Waals surface area contributed by atoms with Crippen LogP contribution in [0.5, 0.6) is 0 Å². The number of piperidine rings is 1. The summed E-state index contributed by atoms with van der Waals surface area (Å²) in [4.78, 5) is 32.2. The van der Waals surface area contributed by atoms with Crippen molar-refractivity contribution in [2.75, 3.05) is 25.0 Å². The zero-order chi connectivity index (χ0) is 21.8. The number of carbonyl (C=O) groups is 2. The summed E-state index contributed by atoms with van der Waals surface area (Å²) >= 11 is 0. The summed E-state index contributed by atoms with van der Waals surface area (Å²) in [6.07, 6.45) is 1.15. The molecule has 1 aromatic heterocycles. The summed E-state index contributed by atoms with van der Waals surface area (Å²) in [5.74, 6) is -0.964. The topological polar surface area (TPSA) is 124 Å². The molecule has 2 amide bonds. The first-order valence-electron chi connectivity index (χ1n) is 10.0. The van der Waals surface area contributed by atoms with E-state index in [4.69, 9.17) is 0 Å². The lowest BCUT2D eigenvalue weighted by atomic mass is 9.99. The fourth-order valence-corrected chi connectivity index (χ4v) is 5.16. The Morgan fingerprint density at radius 3 is 2.61 bits per heavy atom. The van der Waals surface area contributed by atoms with Crippen LogP contribution in [0.4, 0.5) is 5.95 Å². The molecule has 3 aromatic rings. The van der Waals surface area contributed by atoms with Crippen molar-refractivity contribution in [2.24, 2.45) is 5.92 Å². The summed E-state index contributed by atoms with van der Waals surface area (Å²) in [5.41, 5.74) is 1.52. The number of benzene rings is 2. The van der Waals surface area contributed by atoms with Gasteiger partial charge < -0.3 is 10.3 Å². The van der Waals surface area contributed by atoms with Crippen LogP contribution in [0.3, 0.4) is 0 Å². The smallest absolute Gasteiger partial charge is 0.246 e. The number of nitrogens with one attached hydrogen (secondary N) is 3. The SMILES string of the molecule is O=C(CNC(=O)[C@@H]1CCCN(S(=O)(=O)c2ccccc2)C1)Nc1nc2ccccc2[nH]1. The second-order valence-corrected chi connectivity index (χ2v) is 9.32. The van der Waals surface area contributed by atoms with Crippen molar-refractivity contribution in [2.45, 2.75) is 17.7 Å². The van der Waals surface area contributed by atoms with E-state index < -0.39 is 21.8 Å². The van der Waals surface area contributed by atoms with Gasteiger partial charge in [-0.05, 0) is 37.1 Å². The molecule has 10 heteroatoms. The molecule has 0 unspecified atom stereocenters. The van der Waals surface area contributed by atoms with Gasteiger partial charge in [0, 0.05) is 13.1 Å². The van der Waals surface area contributed by atoms with Crippen LogP contribution >= 0.6 is 0 Å². The van der Waals surface area contributed by atoms with Crippen LogP contribution in [0.2, 0.25) is 0 Å². The second kappa shape index (κ2) is 8.86. The third-order valence-electron chi connectivity index (χ3n) is 5.21. The fraction of sp³-hybridized carbons (Fsp3) is 0.286. The molecule has 2 heterocycles. The van der Waals surface area contributed by atoms with Gasteiger partial charge in [0.15, 0.2) is 0 Å². The number of sulfonamides is 1. The number of imidazole rings is 1. The molecular formula is C21H23N5O4S. The zero-order valence-electron chi connectivity index (χ0n) is 16.7. The molecule has 1 saturated heterocycles. The van der Waals surface area contributed by atoms with E-state index in [9.17, 15) is 18.0 Å². The van der Waals surface area contributed by atoms with Crippen molar-refractivity contribution < 1.29 is 18.0 Å². The summed E-state index contributed by atoms with van der Waals surface area (Å²) in [5, 5.41) is 5.22. The van der Waals surface area contributed by atoms with Crippen molar-refractivity contribution in [3.8, 4) is 0 Å². The molecule has 1 aliphatic rings. The molecule has 0 aliphatic carbocycles. The van der Waals surface area contributed by atoms with Crippen LogP contribution in [0.15, 0.2) is 59.5 Å². The molecule has 9 nitrogen and oxygen atoms in total. The largest absolute Gasteiger partial charge is 0.347 e. The fourth-order valence-electron chi connectivity index (χ4n) is 3.62. The minimum absolute atomic E-state index is 0.0915. The number of hydrogen-bond donors (Lipinski definition) is 3. The van der Waals surface area contributed by atoms with Crippen molar-refractivity contribution in [1.82, 2.24) is 19.6 Å². The van der Waals surface area contributed by atoms with Gasteiger partial charge in [-0.1, -0.05) is 30.3 Å². The van der Waals surface area contributed by atoms with Crippen molar-refractivity contribution >= 4 is 38.8 Å². The third-order valence-corrected chi connectivity index (χ3v) is 7.09. The van der Waals surface area contributed by atoms with Crippen LogP contribution < -0.4 is 10.6 Å². The van der Waals surface area contributed by atoms with E-state index in [1.807, 2.05) is 24.3 Å². The average Bonchev–Trinajstić information content (AvgIpc) is 3.20. The molecule has 1 fully saturated rings. The molecule has 2 aromatic carbocycles. The van der Waals surface area contributed by atoms with E-state index in [-0.39, 0.29) is 23.9 Å². The van der Waals surface area contributed by atoms with Crippen LogP contribution in [-0.2, 0) is 19.6 Å². The van der Waals surface area contributed by atoms with Crippen molar-refractivity contribution in [3.63, 3.8) is 0 Å². The maximum atomic E-state index is 12.8. The van der Waals surface area contributed by atoms with E-state index in [1.54, 1.807) is 30.3 Å². The van der Waals surface area contributed by atoms with Crippen LogP contribution in [0, 0.1) is 5.92 Å². The number of fused-ring (bicyclic) bond motifs is 1. The van der Waals surface area contributed by atoms with E-state index in [0.29, 0.717) is 25.3 Å². The van der Waals surface area contributed by atoms with Crippen molar-refractivity contribution in [3.05, 3.63) is 54.6 Å². The van der Waals surface area contributed by atoms with Gasteiger partial charge in [0.2, 0.25) is 27.8 Å². The number of amides is 2. The Morgan fingerprint density at radius 1 is 1.10 bits per heavy atom. The molecule has 0 spiro atoms. The number of anilines is 1. The predicted octanol–water partition coefficient (Wildman–Crippen LogP) is 1.72. The number of rotatable bonds is 6. The zero-order valence-corrected chi connectivity index (χ0v) is 17.6. The average molecular weight is 442 g/mol. The highest BCUT2D eigenvalue weighted by molar-refractivity contribution is 7.89. The van der Waals surface area contributed by atoms with Gasteiger partial charge >= 0.3 is 0 Å².